The minimum atomic E-state index is -4.37. The van der Waals surface area contributed by atoms with Gasteiger partial charge < -0.3 is 14.6 Å². The number of halogens is 3. The number of ether oxygens (including phenoxy) is 1. The van der Waals surface area contributed by atoms with Crippen LogP contribution in [-0.2, 0) is 32.3 Å². The monoisotopic (exact) mass is 486 g/mol. The molecule has 0 amide bonds. The van der Waals surface area contributed by atoms with Gasteiger partial charge in [-0.05, 0) is 76.8 Å². The van der Waals surface area contributed by atoms with Gasteiger partial charge in [0.05, 0.1) is 5.56 Å². The van der Waals surface area contributed by atoms with Crippen LogP contribution in [0.4, 0.5) is 13.2 Å². The highest BCUT2D eigenvalue weighted by atomic mass is 19.4. The molecule has 2 heterocycles. The lowest BCUT2D eigenvalue weighted by atomic mass is 10.0. The summed E-state index contributed by atoms with van der Waals surface area (Å²) in [6.45, 7) is 2.56. The summed E-state index contributed by atoms with van der Waals surface area (Å²) in [6.07, 6.45) is -3.44. The maximum atomic E-state index is 13.1. The SMILES string of the molecule is FC(F)(F)c1cccc(COc2ccc3c(c2)c2c(n3Cc3ccc4ccccc4c3)CNCC2)c1. The van der Waals surface area contributed by atoms with Crippen molar-refractivity contribution in [3.63, 3.8) is 0 Å². The number of alkyl halides is 3. The second-order valence-corrected chi connectivity index (χ2v) is 9.29. The third-order valence-electron chi connectivity index (χ3n) is 6.92. The predicted octanol–water partition coefficient (Wildman–Crippen LogP) is 7.09. The van der Waals surface area contributed by atoms with Crippen LogP contribution in [0.5, 0.6) is 5.75 Å². The second-order valence-electron chi connectivity index (χ2n) is 9.29. The Morgan fingerprint density at radius 3 is 2.56 bits per heavy atom. The fourth-order valence-electron chi connectivity index (χ4n) is 5.15. The lowest BCUT2D eigenvalue weighted by molar-refractivity contribution is -0.137. The Labute approximate surface area is 207 Å². The van der Waals surface area contributed by atoms with Crippen molar-refractivity contribution in [2.45, 2.75) is 32.3 Å². The van der Waals surface area contributed by atoms with E-state index in [2.05, 4.69) is 58.4 Å². The first kappa shape index (κ1) is 22.7. The summed E-state index contributed by atoms with van der Waals surface area (Å²) in [7, 11) is 0. The van der Waals surface area contributed by atoms with Crippen molar-refractivity contribution in [2.75, 3.05) is 6.54 Å². The highest BCUT2D eigenvalue weighted by molar-refractivity contribution is 5.88. The van der Waals surface area contributed by atoms with Gasteiger partial charge in [0.25, 0.3) is 0 Å². The van der Waals surface area contributed by atoms with E-state index in [1.807, 2.05) is 12.1 Å². The molecule has 4 aromatic carbocycles. The van der Waals surface area contributed by atoms with E-state index < -0.39 is 11.7 Å². The van der Waals surface area contributed by atoms with Gasteiger partial charge in [0.15, 0.2) is 0 Å². The van der Waals surface area contributed by atoms with E-state index in [1.165, 1.54) is 33.7 Å². The largest absolute Gasteiger partial charge is 0.489 e. The van der Waals surface area contributed by atoms with Gasteiger partial charge in [-0.1, -0.05) is 48.5 Å². The Kier molecular flexibility index (Phi) is 5.69. The molecule has 1 N–H and O–H groups in total. The summed E-state index contributed by atoms with van der Waals surface area (Å²) in [5, 5.41) is 7.09. The number of rotatable bonds is 5. The summed E-state index contributed by atoms with van der Waals surface area (Å²) < 4.78 is 47.5. The van der Waals surface area contributed by atoms with Crippen LogP contribution >= 0.6 is 0 Å². The molecule has 0 radical (unpaired) electrons. The van der Waals surface area contributed by atoms with Gasteiger partial charge in [-0.15, -0.1) is 0 Å². The Hall–Kier alpha value is -3.77. The molecule has 1 aliphatic rings. The second kappa shape index (κ2) is 9.03. The molecule has 0 aliphatic carbocycles. The van der Waals surface area contributed by atoms with Crippen molar-refractivity contribution in [2.24, 2.45) is 0 Å². The van der Waals surface area contributed by atoms with Gasteiger partial charge in [0, 0.05) is 29.7 Å². The molecule has 182 valence electrons. The zero-order chi connectivity index (χ0) is 24.7. The van der Waals surface area contributed by atoms with Crippen LogP contribution in [0.2, 0.25) is 0 Å². The lowest BCUT2D eigenvalue weighted by Gasteiger charge is -2.17. The van der Waals surface area contributed by atoms with E-state index in [0.717, 1.165) is 49.1 Å². The number of hydrogen-bond acceptors (Lipinski definition) is 2. The number of benzene rings is 4. The highest BCUT2D eigenvalue weighted by Gasteiger charge is 2.30. The third kappa shape index (κ3) is 4.33. The van der Waals surface area contributed by atoms with Crippen molar-refractivity contribution < 1.29 is 17.9 Å². The maximum Gasteiger partial charge on any atom is 0.416 e. The first-order valence-corrected chi connectivity index (χ1v) is 12.1. The normalized spacial score (nSPS) is 13.8. The van der Waals surface area contributed by atoms with Crippen LogP contribution in [0.3, 0.4) is 0 Å². The van der Waals surface area contributed by atoms with Crippen LogP contribution in [0, 0.1) is 0 Å². The fraction of sp³-hybridized carbons (Fsp3) is 0.200. The number of hydrogen-bond donors (Lipinski definition) is 1. The molecule has 1 aromatic heterocycles. The third-order valence-corrected chi connectivity index (χ3v) is 6.92. The topological polar surface area (TPSA) is 26.2 Å². The van der Waals surface area contributed by atoms with Crippen LogP contribution in [0.25, 0.3) is 21.7 Å². The molecule has 0 bridgehead atoms. The minimum absolute atomic E-state index is 0.0803. The van der Waals surface area contributed by atoms with Gasteiger partial charge >= 0.3 is 6.18 Å². The van der Waals surface area contributed by atoms with Crippen LogP contribution in [-0.4, -0.2) is 11.1 Å². The Bertz CT molecular complexity index is 1570. The average Bonchev–Trinajstić information content (AvgIpc) is 3.20. The van der Waals surface area contributed by atoms with Crippen molar-refractivity contribution in [3.8, 4) is 5.75 Å². The molecule has 0 spiro atoms. The molecule has 0 unspecified atom stereocenters. The zero-order valence-electron chi connectivity index (χ0n) is 19.6. The standard InChI is InChI=1S/C30H25F3N2O/c31-30(32,33)24-7-3-4-21(15-24)19-36-25-10-11-28-27(16-25)26-12-13-34-17-29(26)35(28)18-20-8-9-22-5-1-2-6-23(22)14-20/h1-11,14-16,34H,12-13,17-19H2. The first-order chi connectivity index (χ1) is 17.5. The molecular weight excluding hydrogens is 461 g/mol. The van der Waals surface area contributed by atoms with Crippen LogP contribution in [0.1, 0.15) is 27.9 Å². The molecule has 0 saturated heterocycles. The molecule has 3 nitrogen and oxygen atoms in total. The molecule has 0 saturated carbocycles. The van der Waals surface area contributed by atoms with Crippen LogP contribution in [0.15, 0.2) is 84.9 Å². The molecule has 0 atom stereocenters. The van der Waals surface area contributed by atoms with E-state index in [-0.39, 0.29) is 6.61 Å². The van der Waals surface area contributed by atoms with Gasteiger partial charge in [-0.2, -0.15) is 13.2 Å². The summed E-state index contributed by atoms with van der Waals surface area (Å²) in [6, 6.07) is 26.3. The van der Waals surface area contributed by atoms with Gasteiger partial charge in [-0.25, -0.2) is 0 Å². The number of fused-ring (bicyclic) bond motifs is 4. The van der Waals surface area contributed by atoms with E-state index in [9.17, 15) is 13.2 Å². The molecule has 1 aliphatic heterocycles. The van der Waals surface area contributed by atoms with Gasteiger partial charge in [-0.3, -0.25) is 0 Å². The van der Waals surface area contributed by atoms with Crippen LogP contribution < -0.4 is 10.1 Å². The van der Waals surface area contributed by atoms with Crippen molar-refractivity contribution in [3.05, 3.63) is 113 Å². The summed E-state index contributed by atoms with van der Waals surface area (Å²) in [5.74, 6) is 0.657. The number of aromatic nitrogens is 1. The maximum absolute atomic E-state index is 13.1. The minimum Gasteiger partial charge on any atom is -0.489 e. The molecule has 36 heavy (non-hydrogen) atoms. The lowest BCUT2D eigenvalue weighted by Crippen LogP contribution is -2.25. The van der Waals surface area contributed by atoms with Crippen molar-refractivity contribution in [1.82, 2.24) is 9.88 Å². The first-order valence-electron chi connectivity index (χ1n) is 12.1. The van der Waals surface area contributed by atoms with Crippen molar-refractivity contribution >= 4 is 21.7 Å². The Morgan fingerprint density at radius 2 is 1.69 bits per heavy atom. The van der Waals surface area contributed by atoms with Gasteiger partial charge in [0.2, 0.25) is 0 Å². The number of nitrogens with zero attached hydrogens (tertiary/aromatic N) is 1. The van der Waals surface area contributed by atoms with E-state index in [4.69, 9.17) is 4.74 Å². The Morgan fingerprint density at radius 1 is 0.833 bits per heavy atom. The molecule has 6 heteroatoms. The molecule has 5 aromatic rings. The quantitative estimate of drug-likeness (QED) is 0.287. The smallest absolute Gasteiger partial charge is 0.416 e. The average molecular weight is 487 g/mol. The fourth-order valence-corrected chi connectivity index (χ4v) is 5.15. The summed E-state index contributed by atoms with van der Waals surface area (Å²) >= 11 is 0. The van der Waals surface area contributed by atoms with E-state index in [1.54, 1.807) is 6.07 Å². The molecule has 6 rings (SSSR count). The molecule has 0 fully saturated rings. The zero-order valence-corrected chi connectivity index (χ0v) is 19.6. The Balaban J connectivity index is 1.31. The molecular formula is C30H25F3N2O. The van der Waals surface area contributed by atoms with Gasteiger partial charge in [0.1, 0.15) is 12.4 Å². The summed E-state index contributed by atoms with van der Waals surface area (Å²) in [4.78, 5) is 0. The number of nitrogens with one attached hydrogen (secondary N) is 1. The highest BCUT2D eigenvalue weighted by Crippen LogP contribution is 2.33. The summed E-state index contributed by atoms with van der Waals surface area (Å²) in [5.41, 5.74) is 4.80. The predicted molar refractivity (Wildman–Crippen MR) is 136 cm³/mol. The van der Waals surface area contributed by atoms with E-state index in [0.29, 0.717) is 11.3 Å². The van der Waals surface area contributed by atoms with E-state index >= 15 is 0 Å². The van der Waals surface area contributed by atoms with Crippen molar-refractivity contribution in [1.29, 1.82) is 0 Å².